The third kappa shape index (κ3) is 5.93. The van der Waals surface area contributed by atoms with Crippen molar-refractivity contribution in [3.05, 3.63) is 103 Å². The Kier molecular flexibility index (Phi) is 7.86. The maximum Gasteiger partial charge on any atom is 0.182 e. The predicted molar refractivity (Wildman–Crippen MR) is 126 cm³/mol. The lowest BCUT2D eigenvalue weighted by atomic mass is 10.1. The smallest absolute Gasteiger partial charge is 0.182 e. The average Bonchev–Trinajstić information content (AvgIpc) is 2.79. The molecular formula is C25H24N2S2. The second kappa shape index (κ2) is 10.8. The number of para-hydroxylation sites is 1. The standard InChI is InChI=1S/C25H24N2S2/c1-27(22-13-5-2-6-14-22)25(21-26,29-24-17-9-4-10-18-24)19-11-12-20-28-23-15-7-3-8-16-23/h2-18H,19-20H2,1H3/b12-11+. The molecular weight excluding hydrogens is 392 g/mol. The van der Waals surface area contributed by atoms with Gasteiger partial charge in [-0.1, -0.05) is 78.5 Å². The third-order valence-corrected chi connectivity index (χ3v) is 6.88. The molecule has 146 valence electrons. The highest BCUT2D eigenvalue weighted by Gasteiger charge is 2.35. The molecule has 2 nitrogen and oxygen atoms in total. The minimum Gasteiger partial charge on any atom is -0.348 e. The van der Waals surface area contributed by atoms with E-state index in [1.165, 1.54) is 4.90 Å². The van der Waals surface area contributed by atoms with Crippen LogP contribution in [0.4, 0.5) is 5.69 Å². The van der Waals surface area contributed by atoms with Gasteiger partial charge in [-0.3, -0.25) is 0 Å². The maximum atomic E-state index is 10.3. The molecule has 0 aliphatic rings. The highest BCUT2D eigenvalue weighted by Crippen LogP contribution is 2.40. The molecule has 0 spiro atoms. The van der Waals surface area contributed by atoms with Crippen LogP contribution in [0.15, 0.2) is 113 Å². The Labute approximate surface area is 182 Å². The first kappa shape index (κ1) is 21.1. The van der Waals surface area contributed by atoms with Gasteiger partial charge in [0.1, 0.15) is 6.07 Å². The highest BCUT2D eigenvalue weighted by atomic mass is 32.2. The van der Waals surface area contributed by atoms with Gasteiger partial charge in [0.25, 0.3) is 0 Å². The molecule has 0 aromatic heterocycles. The lowest BCUT2D eigenvalue weighted by Crippen LogP contribution is -2.42. The second-order valence-corrected chi connectivity index (χ2v) is 8.95. The predicted octanol–water partition coefficient (Wildman–Crippen LogP) is 6.87. The Morgan fingerprint density at radius 3 is 1.97 bits per heavy atom. The molecule has 3 aromatic rings. The summed E-state index contributed by atoms with van der Waals surface area (Å²) in [5.74, 6) is 0.885. The van der Waals surface area contributed by atoms with Crippen molar-refractivity contribution in [3.8, 4) is 6.07 Å². The van der Waals surface area contributed by atoms with Crippen molar-refractivity contribution in [3.63, 3.8) is 0 Å². The minimum absolute atomic E-state index is 0.629. The van der Waals surface area contributed by atoms with Crippen molar-refractivity contribution >= 4 is 29.2 Å². The molecule has 0 aliphatic carbocycles. The van der Waals surface area contributed by atoms with Gasteiger partial charge in [-0.05, 0) is 36.4 Å². The fraction of sp³-hybridized carbons (Fsp3) is 0.160. The van der Waals surface area contributed by atoms with Gasteiger partial charge < -0.3 is 4.90 Å². The Morgan fingerprint density at radius 1 is 0.828 bits per heavy atom. The second-order valence-electron chi connectivity index (χ2n) is 6.51. The van der Waals surface area contributed by atoms with Gasteiger partial charge in [-0.2, -0.15) is 5.26 Å². The van der Waals surface area contributed by atoms with Crippen LogP contribution in [-0.4, -0.2) is 17.7 Å². The largest absolute Gasteiger partial charge is 0.348 e. The van der Waals surface area contributed by atoms with Crippen molar-refractivity contribution in [1.82, 2.24) is 0 Å². The number of thioether (sulfide) groups is 2. The first-order valence-corrected chi connectivity index (χ1v) is 11.3. The number of nitrogens with zero attached hydrogens (tertiary/aromatic N) is 2. The zero-order chi connectivity index (χ0) is 20.4. The number of anilines is 1. The molecule has 0 bridgehead atoms. The van der Waals surface area contributed by atoms with E-state index in [2.05, 4.69) is 59.5 Å². The summed E-state index contributed by atoms with van der Waals surface area (Å²) in [5, 5.41) is 10.3. The van der Waals surface area contributed by atoms with Crippen molar-refractivity contribution in [2.24, 2.45) is 0 Å². The Balaban J connectivity index is 1.76. The molecule has 3 aromatic carbocycles. The number of hydrogen-bond donors (Lipinski definition) is 0. The Morgan fingerprint density at radius 2 is 1.38 bits per heavy atom. The van der Waals surface area contributed by atoms with Crippen LogP contribution in [0.3, 0.4) is 0 Å². The van der Waals surface area contributed by atoms with Crippen molar-refractivity contribution in [1.29, 1.82) is 5.26 Å². The van der Waals surface area contributed by atoms with Crippen molar-refractivity contribution < 1.29 is 0 Å². The van der Waals surface area contributed by atoms with Crippen LogP contribution < -0.4 is 4.90 Å². The third-order valence-electron chi connectivity index (χ3n) is 4.54. The Bertz CT molecular complexity index is 937. The molecule has 0 saturated carbocycles. The molecule has 0 radical (unpaired) electrons. The fourth-order valence-electron chi connectivity index (χ4n) is 2.91. The zero-order valence-corrected chi connectivity index (χ0v) is 18.1. The molecule has 0 N–H and O–H groups in total. The van der Waals surface area contributed by atoms with E-state index in [0.717, 1.165) is 16.3 Å². The normalized spacial score (nSPS) is 13.0. The highest BCUT2D eigenvalue weighted by molar-refractivity contribution is 8.01. The summed E-state index contributed by atoms with van der Waals surface area (Å²) >= 11 is 3.40. The van der Waals surface area contributed by atoms with Gasteiger partial charge in [0.05, 0.1) is 0 Å². The SMILES string of the molecule is CN(c1ccccc1)C(C#N)(C/C=C/CSc1ccccc1)Sc1ccccc1. The zero-order valence-electron chi connectivity index (χ0n) is 16.4. The van der Waals surface area contributed by atoms with Crippen LogP contribution in [0.1, 0.15) is 6.42 Å². The monoisotopic (exact) mass is 416 g/mol. The minimum atomic E-state index is -0.726. The van der Waals surface area contributed by atoms with E-state index in [0.29, 0.717) is 6.42 Å². The Hall–Kier alpha value is -2.61. The molecule has 0 saturated heterocycles. The summed E-state index contributed by atoms with van der Waals surface area (Å²) in [6.45, 7) is 0. The van der Waals surface area contributed by atoms with Crippen LogP contribution in [0.25, 0.3) is 0 Å². The van der Waals surface area contributed by atoms with Gasteiger partial charge in [0.2, 0.25) is 0 Å². The molecule has 1 atom stereocenters. The number of hydrogen-bond acceptors (Lipinski definition) is 4. The van der Waals surface area contributed by atoms with Gasteiger partial charge >= 0.3 is 0 Å². The van der Waals surface area contributed by atoms with Gasteiger partial charge in [-0.25, -0.2) is 0 Å². The van der Waals surface area contributed by atoms with E-state index in [1.807, 2.05) is 61.6 Å². The molecule has 1 unspecified atom stereocenters. The van der Waals surface area contributed by atoms with Crippen LogP contribution in [-0.2, 0) is 0 Å². The number of rotatable bonds is 9. The average molecular weight is 417 g/mol. The number of benzene rings is 3. The summed E-state index contributed by atoms with van der Waals surface area (Å²) in [7, 11) is 2.00. The molecule has 4 heteroatoms. The van der Waals surface area contributed by atoms with E-state index in [1.54, 1.807) is 23.5 Å². The van der Waals surface area contributed by atoms with E-state index >= 15 is 0 Å². The summed E-state index contributed by atoms with van der Waals surface area (Å²) < 4.78 is 0. The summed E-state index contributed by atoms with van der Waals surface area (Å²) in [6.07, 6.45) is 4.92. The van der Waals surface area contributed by atoms with E-state index < -0.39 is 4.87 Å². The molecule has 0 heterocycles. The molecule has 0 fully saturated rings. The van der Waals surface area contributed by atoms with Gasteiger partial charge in [0, 0.05) is 34.7 Å². The lowest BCUT2D eigenvalue weighted by Gasteiger charge is -2.36. The molecule has 0 amide bonds. The summed E-state index contributed by atoms with van der Waals surface area (Å²) in [6, 6.07) is 33.2. The lowest BCUT2D eigenvalue weighted by molar-refractivity contribution is 0.712. The van der Waals surface area contributed by atoms with Gasteiger partial charge in [-0.15, -0.1) is 11.8 Å². The van der Waals surface area contributed by atoms with Gasteiger partial charge in [0.15, 0.2) is 4.87 Å². The van der Waals surface area contributed by atoms with E-state index in [-0.39, 0.29) is 0 Å². The van der Waals surface area contributed by atoms with E-state index in [9.17, 15) is 5.26 Å². The summed E-state index contributed by atoms with van der Waals surface area (Å²) in [4.78, 5) is 3.70. The van der Waals surface area contributed by atoms with Crippen LogP contribution in [0.2, 0.25) is 0 Å². The molecule has 0 aliphatic heterocycles. The quantitative estimate of drug-likeness (QED) is 0.216. The maximum absolute atomic E-state index is 10.3. The van der Waals surface area contributed by atoms with Crippen molar-refractivity contribution in [2.75, 3.05) is 17.7 Å². The first-order chi connectivity index (χ1) is 14.2. The number of nitriles is 1. The fourth-order valence-corrected chi connectivity index (χ4v) is 4.83. The van der Waals surface area contributed by atoms with Crippen molar-refractivity contribution in [2.45, 2.75) is 21.1 Å². The topological polar surface area (TPSA) is 27.0 Å². The van der Waals surface area contributed by atoms with Crippen LogP contribution in [0.5, 0.6) is 0 Å². The molecule has 29 heavy (non-hydrogen) atoms. The van der Waals surface area contributed by atoms with Crippen LogP contribution >= 0.6 is 23.5 Å². The summed E-state index contributed by atoms with van der Waals surface area (Å²) in [5.41, 5.74) is 1.03. The van der Waals surface area contributed by atoms with Crippen LogP contribution in [0, 0.1) is 11.3 Å². The molecule has 3 rings (SSSR count). The van der Waals surface area contributed by atoms with E-state index in [4.69, 9.17) is 0 Å². The first-order valence-electron chi connectivity index (χ1n) is 9.50.